The van der Waals surface area contributed by atoms with Gasteiger partial charge in [0.15, 0.2) is 0 Å². The highest BCUT2D eigenvalue weighted by molar-refractivity contribution is 7.99. The number of carbonyl (C=O) groups is 1. The van der Waals surface area contributed by atoms with Crippen LogP contribution >= 0.6 is 24.2 Å². The second-order valence-corrected chi connectivity index (χ2v) is 7.04. The number of amides is 1. The number of benzene rings is 1. The van der Waals surface area contributed by atoms with E-state index in [1.54, 1.807) is 11.8 Å². The van der Waals surface area contributed by atoms with E-state index in [0.29, 0.717) is 11.7 Å². The molecule has 22 heavy (non-hydrogen) atoms. The highest BCUT2D eigenvalue weighted by Crippen LogP contribution is 2.21. The van der Waals surface area contributed by atoms with Crippen LogP contribution in [-0.4, -0.2) is 35.7 Å². The van der Waals surface area contributed by atoms with Crippen LogP contribution < -0.4 is 5.73 Å². The number of rotatable bonds is 5. The molecule has 0 aliphatic carbocycles. The fourth-order valence-electron chi connectivity index (χ4n) is 2.82. The molecule has 1 amide bonds. The number of thioether (sulfide) groups is 1. The lowest BCUT2D eigenvalue weighted by Crippen LogP contribution is -2.43. The Morgan fingerprint density at radius 3 is 2.68 bits per heavy atom. The van der Waals surface area contributed by atoms with Crippen molar-refractivity contribution in [1.82, 2.24) is 4.90 Å². The second-order valence-electron chi connectivity index (χ2n) is 6.06. The summed E-state index contributed by atoms with van der Waals surface area (Å²) >= 11 is 1.71. The summed E-state index contributed by atoms with van der Waals surface area (Å²) in [5, 5.41) is 0. The summed E-state index contributed by atoms with van der Waals surface area (Å²) in [6.45, 7) is 5.91. The maximum atomic E-state index is 12.2. The highest BCUT2D eigenvalue weighted by Gasteiger charge is 2.24. The topological polar surface area (TPSA) is 46.3 Å². The van der Waals surface area contributed by atoms with E-state index in [4.69, 9.17) is 5.73 Å². The van der Waals surface area contributed by atoms with Crippen LogP contribution in [0.2, 0.25) is 0 Å². The summed E-state index contributed by atoms with van der Waals surface area (Å²) in [6.07, 6.45) is 2.10. The number of hydrogen-bond acceptors (Lipinski definition) is 3. The third-order valence-electron chi connectivity index (χ3n) is 4.21. The first-order valence-electron chi connectivity index (χ1n) is 7.73. The van der Waals surface area contributed by atoms with Gasteiger partial charge in [0, 0.05) is 24.9 Å². The molecular weight excluding hydrogens is 316 g/mol. The Morgan fingerprint density at radius 2 is 2.09 bits per heavy atom. The van der Waals surface area contributed by atoms with Gasteiger partial charge in [-0.2, -0.15) is 0 Å². The van der Waals surface area contributed by atoms with E-state index in [1.165, 1.54) is 11.1 Å². The molecule has 3 nitrogen and oxygen atoms in total. The summed E-state index contributed by atoms with van der Waals surface area (Å²) in [7, 11) is 0. The summed E-state index contributed by atoms with van der Waals surface area (Å²) in [6, 6.07) is 8.73. The van der Waals surface area contributed by atoms with Crippen LogP contribution in [0.15, 0.2) is 24.3 Å². The highest BCUT2D eigenvalue weighted by atomic mass is 35.5. The summed E-state index contributed by atoms with van der Waals surface area (Å²) in [4.78, 5) is 14.2. The quantitative estimate of drug-likeness (QED) is 0.893. The molecule has 0 aromatic heterocycles. The number of piperidine rings is 1. The van der Waals surface area contributed by atoms with E-state index in [-0.39, 0.29) is 24.4 Å². The Hall–Kier alpha value is -0.710. The van der Waals surface area contributed by atoms with Crippen LogP contribution in [0.3, 0.4) is 0 Å². The molecule has 1 fully saturated rings. The van der Waals surface area contributed by atoms with Crippen molar-refractivity contribution in [1.29, 1.82) is 0 Å². The van der Waals surface area contributed by atoms with Gasteiger partial charge >= 0.3 is 0 Å². The summed E-state index contributed by atoms with van der Waals surface area (Å²) in [5.41, 5.74) is 8.51. The third kappa shape index (κ3) is 5.82. The molecule has 1 aromatic rings. The van der Waals surface area contributed by atoms with Gasteiger partial charge in [0.1, 0.15) is 0 Å². The van der Waals surface area contributed by atoms with Gasteiger partial charge in [0.25, 0.3) is 0 Å². The molecule has 2 rings (SSSR count). The van der Waals surface area contributed by atoms with Gasteiger partial charge < -0.3 is 10.6 Å². The van der Waals surface area contributed by atoms with Crippen molar-refractivity contribution in [3.8, 4) is 0 Å². The van der Waals surface area contributed by atoms with Crippen molar-refractivity contribution in [2.24, 2.45) is 11.7 Å². The van der Waals surface area contributed by atoms with Crippen molar-refractivity contribution in [2.75, 3.05) is 18.8 Å². The van der Waals surface area contributed by atoms with Crippen LogP contribution in [0.1, 0.15) is 30.9 Å². The molecule has 1 aliphatic rings. The molecule has 0 radical (unpaired) electrons. The standard InChI is InChI=1S/C17H26N2OS.ClH/c1-13-4-3-5-15(10-13)11-21-12-17(20)19-8-6-16(7-9-19)14(2)18;/h3-5,10,14,16H,6-9,11-12,18H2,1-2H3;1H. The maximum Gasteiger partial charge on any atom is 0.232 e. The summed E-state index contributed by atoms with van der Waals surface area (Å²) in [5.74, 6) is 2.34. The van der Waals surface area contributed by atoms with E-state index in [1.807, 2.05) is 4.90 Å². The minimum absolute atomic E-state index is 0. The summed E-state index contributed by atoms with van der Waals surface area (Å²) < 4.78 is 0. The van der Waals surface area contributed by atoms with Gasteiger partial charge in [-0.1, -0.05) is 29.8 Å². The zero-order valence-electron chi connectivity index (χ0n) is 13.5. The molecule has 1 aromatic carbocycles. The fourth-order valence-corrected chi connectivity index (χ4v) is 3.70. The Kier molecular flexibility index (Phi) is 8.29. The number of hydrogen-bond donors (Lipinski definition) is 1. The molecule has 0 saturated carbocycles. The van der Waals surface area contributed by atoms with Crippen molar-refractivity contribution in [3.05, 3.63) is 35.4 Å². The molecule has 5 heteroatoms. The first kappa shape index (κ1) is 19.3. The molecule has 1 aliphatic heterocycles. The van der Waals surface area contributed by atoms with Gasteiger partial charge in [-0.15, -0.1) is 24.2 Å². The predicted octanol–water partition coefficient (Wildman–Crippen LogP) is 3.24. The monoisotopic (exact) mass is 342 g/mol. The molecule has 0 bridgehead atoms. The van der Waals surface area contributed by atoms with Crippen LogP contribution in [0.5, 0.6) is 0 Å². The zero-order chi connectivity index (χ0) is 15.2. The lowest BCUT2D eigenvalue weighted by atomic mass is 9.91. The van der Waals surface area contributed by atoms with Crippen LogP contribution in [0.25, 0.3) is 0 Å². The SMILES string of the molecule is Cc1cccc(CSCC(=O)N2CCC(C(C)N)CC2)c1.Cl. The Labute approximate surface area is 144 Å². The molecular formula is C17H27ClN2OS. The molecule has 1 saturated heterocycles. The van der Waals surface area contributed by atoms with Crippen LogP contribution in [-0.2, 0) is 10.5 Å². The third-order valence-corrected chi connectivity index (χ3v) is 5.20. The lowest BCUT2D eigenvalue weighted by molar-refractivity contribution is -0.129. The largest absolute Gasteiger partial charge is 0.342 e. The minimum Gasteiger partial charge on any atom is -0.342 e. The average Bonchev–Trinajstić information content (AvgIpc) is 2.47. The van der Waals surface area contributed by atoms with E-state index in [0.717, 1.165) is 31.7 Å². The Balaban J connectivity index is 0.00000242. The van der Waals surface area contributed by atoms with Crippen molar-refractivity contribution >= 4 is 30.1 Å². The first-order valence-corrected chi connectivity index (χ1v) is 8.88. The van der Waals surface area contributed by atoms with E-state index in [9.17, 15) is 4.79 Å². The van der Waals surface area contributed by atoms with Gasteiger partial charge in [-0.05, 0) is 38.2 Å². The predicted molar refractivity (Wildman–Crippen MR) is 97.5 cm³/mol. The smallest absolute Gasteiger partial charge is 0.232 e. The van der Waals surface area contributed by atoms with E-state index < -0.39 is 0 Å². The molecule has 2 N–H and O–H groups in total. The van der Waals surface area contributed by atoms with Crippen LogP contribution in [0, 0.1) is 12.8 Å². The van der Waals surface area contributed by atoms with Crippen molar-refractivity contribution in [2.45, 2.75) is 38.5 Å². The number of aryl methyl sites for hydroxylation is 1. The Bertz CT molecular complexity index is 473. The van der Waals surface area contributed by atoms with Crippen LogP contribution in [0.4, 0.5) is 0 Å². The fraction of sp³-hybridized carbons (Fsp3) is 0.588. The maximum absolute atomic E-state index is 12.2. The van der Waals surface area contributed by atoms with Gasteiger partial charge in [0.05, 0.1) is 5.75 Å². The number of carbonyl (C=O) groups excluding carboxylic acids is 1. The Morgan fingerprint density at radius 1 is 1.41 bits per heavy atom. The number of nitrogens with zero attached hydrogens (tertiary/aromatic N) is 1. The molecule has 1 unspecified atom stereocenters. The van der Waals surface area contributed by atoms with Crippen molar-refractivity contribution in [3.63, 3.8) is 0 Å². The normalized spacial score (nSPS) is 17.0. The zero-order valence-corrected chi connectivity index (χ0v) is 15.1. The van der Waals surface area contributed by atoms with E-state index >= 15 is 0 Å². The first-order chi connectivity index (χ1) is 10.1. The van der Waals surface area contributed by atoms with Crippen molar-refractivity contribution < 1.29 is 4.79 Å². The lowest BCUT2D eigenvalue weighted by Gasteiger charge is -2.33. The number of likely N-dealkylation sites (tertiary alicyclic amines) is 1. The molecule has 0 spiro atoms. The van der Waals surface area contributed by atoms with Gasteiger partial charge in [-0.3, -0.25) is 4.79 Å². The van der Waals surface area contributed by atoms with Gasteiger partial charge in [-0.25, -0.2) is 0 Å². The number of halogens is 1. The molecule has 1 atom stereocenters. The molecule has 124 valence electrons. The minimum atomic E-state index is 0. The second kappa shape index (κ2) is 9.43. The molecule has 1 heterocycles. The average molecular weight is 343 g/mol. The van der Waals surface area contributed by atoms with E-state index in [2.05, 4.69) is 38.1 Å². The number of nitrogens with two attached hydrogens (primary N) is 1. The van der Waals surface area contributed by atoms with Gasteiger partial charge in [0.2, 0.25) is 5.91 Å².